The van der Waals surface area contributed by atoms with Crippen molar-refractivity contribution in [2.24, 2.45) is 11.8 Å². The lowest BCUT2D eigenvalue weighted by atomic mass is 9.94. The highest BCUT2D eigenvalue weighted by Gasteiger charge is 2.49. The Balaban J connectivity index is 1.76. The molecule has 3 rings (SSSR count). The van der Waals surface area contributed by atoms with Gasteiger partial charge in [-0.1, -0.05) is 12.5 Å². The van der Waals surface area contributed by atoms with Crippen LogP contribution in [0.2, 0.25) is 0 Å². The fourth-order valence-corrected chi connectivity index (χ4v) is 4.23. The summed E-state index contributed by atoms with van der Waals surface area (Å²) in [6, 6.07) is 3.73. The lowest BCUT2D eigenvalue weighted by molar-refractivity contribution is -0.149. The number of rotatable bonds is 3. The van der Waals surface area contributed by atoms with Gasteiger partial charge in [0.1, 0.15) is 11.9 Å². The summed E-state index contributed by atoms with van der Waals surface area (Å²) in [7, 11) is 0. The van der Waals surface area contributed by atoms with Gasteiger partial charge in [-0.2, -0.15) is 0 Å². The molecule has 4 nitrogen and oxygen atoms in total. The van der Waals surface area contributed by atoms with E-state index in [1.54, 1.807) is 12.1 Å². The van der Waals surface area contributed by atoms with E-state index in [2.05, 4.69) is 15.9 Å². The summed E-state index contributed by atoms with van der Waals surface area (Å²) in [5, 5.41) is 9.48. The van der Waals surface area contributed by atoms with Crippen molar-refractivity contribution in [3.63, 3.8) is 0 Å². The molecule has 2 fully saturated rings. The number of carbonyl (C=O) groups is 2. The third-order valence-corrected chi connectivity index (χ3v) is 5.41. The number of hydrogen-bond acceptors (Lipinski definition) is 2. The number of halogens is 2. The Labute approximate surface area is 136 Å². The van der Waals surface area contributed by atoms with Gasteiger partial charge in [-0.25, -0.2) is 9.18 Å². The van der Waals surface area contributed by atoms with Crippen molar-refractivity contribution in [3.8, 4) is 0 Å². The number of nitrogens with zero attached hydrogens (tertiary/aromatic N) is 1. The maximum Gasteiger partial charge on any atom is 0.326 e. The lowest BCUT2D eigenvalue weighted by Crippen LogP contribution is -2.43. The zero-order valence-corrected chi connectivity index (χ0v) is 13.6. The molecule has 1 amide bonds. The van der Waals surface area contributed by atoms with Gasteiger partial charge >= 0.3 is 5.97 Å². The van der Waals surface area contributed by atoms with Crippen LogP contribution in [0.3, 0.4) is 0 Å². The Bertz CT molecular complexity index is 621. The summed E-state index contributed by atoms with van der Waals surface area (Å²) in [4.78, 5) is 25.6. The van der Waals surface area contributed by atoms with Gasteiger partial charge in [-0.05, 0) is 58.3 Å². The fraction of sp³-hybridized carbons (Fsp3) is 0.500. The normalized spacial score (nSPS) is 27.0. The molecule has 1 aromatic rings. The average molecular weight is 370 g/mol. The van der Waals surface area contributed by atoms with Crippen LogP contribution in [0.4, 0.5) is 4.39 Å². The Morgan fingerprint density at radius 2 is 2.14 bits per heavy atom. The van der Waals surface area contributed by atoms with Gasteiger partial charge in [0.25, 0.3) is 0 Å². The first-order chi connectivity index (χ1) is 10.5. The van der Waals surface area contributed by atoms with E-state index in [-0.39, 0.29) is 24.1 Å². The molecule has 1 N–H and O–H groups in total. The molecule has 22 heavy (non-hydrogen) atoms. The first-order valence-electron chi connectivity index (χ1n) is 7.43. The van der Waals surface area contributed by atoms with Crippen LogP contribution in [0.25, 0.3) is 0 Å². The third kappa shape index (κ3) is 2.76. The molecular weight excluding hydrogens is 353 g/mol. The van der Waals surface area contributed by atoms with Gasteiger partial charge in [-0.15, -0.1) is 0 Å². The molecule has 1 aromatic carbocycles. The zero-order valence-electron chi connectivity index (χ0n) is 12.0. The van der Waals surface area contributed by atoms with Crippen LogP contribution in [-0.2, 0) is 16.0 Å². The molecule has 0 aromatic heterocycles. The van der Waals surface area contributed by atoms with E-state index < -0.39 is 12.0 Å². The van der Waals surface area contributed by atoms with Crippen molar-refractivity contribution in [1.82, 2.24) is 4.90 Å². The topological polar surface area (TPSA) is 57.6 Å². The predicted molar refractivity (Wildman–Crippen MR) is 81.8 cm³/mol. The van der Waals surface area contributed by atoms with Crippen molar-refractivity contribution in [2.45, 2.75) is 31.7 Å². The Morgan fingerprint density at radius 1 is 1.36 bits per heavy atom. The molecule has 1 saturated heterocycles. The highest BCUT2D eigenvalue weighted by atomic mass is 79.9. The van der Waals surface area contributed by atoms with E-state index in [4.69, 9.17) is 0 Å². The van der Waals surface area contributed by atoms with Crippen LogP contribution in [0, 0.1) is 17.7 Å². The van der Waals surface area contributed by atoms with Crippen molar-refractivity contribution >= 4 is 27.8 Å². The second-order valence-electron chi connectivity index (χ2n) is 6.11. The number of fused-ring (bicyclic) bond motifs is 1. The predicted octanol–water partition coefficient (Wildman–Crippen LogP) is 2.84. The molecular formula is C16H17BrFNO3. The average Bonchev–Trinajstić information content (AvgIpc) is 3.02. The quantitative estimate of drug-likeness (QED) is 0.890. The van der Waals surface area contributed by atoms with E-state index in [9.17, 15) is 19.1 Å². The van der Waals surface area contributed by atoms with Crippen LogP contribution >= 0.6 is 15.9 Å². The molecule has 1 saturated carbocycles. The van der Waals surface area contributed by atoms with Crippen molar-refractivity contribution in [2.75, 3.05) is 6.54 Å². The second-order valence-corrected chi connectivity index (χ2v) is 6.96. The summed E-state index contributed by atoms with van der Waals surface area (Å²) < 4.78 is 13.6. The van der Waals surface area contributed by atoms with Crippen molar-refractivity contribution in [1.29, 1.82) is 0 Å². The van der Waals surface area contributed by atoms with Crippen LogP contribution in [0.5, 0.6) is 0 Å². The van der Waals surface area contributed by atoms with Gasteiger partial charge in [0, 0.05) is 6.54 Å². The molecule has 3 unspecified atom stereocenters. The minimum atomic E-state index is -0.914. The van der Waals surface area contributed by atoms with E-state index >= 15 is 0 Å². The molecule has 1 heterocycles. The highest BCUT2D eigenvalue weighted by Crippen LogP contribution is 2.42. The fourth-order valence-electron chi connectivity index (χ4n) is 3.80. The third-order valence-electron chi connectivity index (χ3n) is 4.80. The molecule has 0 radical (unpaired) electrons. The monoisotopic (exact) mass is 369 g/mol. The standard InChI is InChI=1S/C16H17BrFNO3/c17-12-6-9(4-5-13(12)18)7-14(20)19-8-10-2-1-3-11(10)15(19)16(21)22/h4-6,10-11,15H,1-3,7-8H2,(H,21,22). The largest absolute Gasteiger partial charge is 0.480 e. The lowest BCUT2D eigenvalue weighted by Gasteiger charge is -2.24. The zero-order chi connectivity index (χ0) is 15.9. The molecule has 0 spiro atoms. The number of amides is 1. The number of likely N-dealkylation sites (tertiary alicyclic amines) is 1. The summed E-state index contributed by atoms with van der Waals surface area (Å²) in [6.45, 7) is 0.531. The molecule has 1 aliphatic carbocycles. The van der Waals surface area contributed by atoms with Gasteiger partial charge in [0.05, 0.1) is 10.9 Å². The molecule has 2 aliphatic rings. The van der Waals surface area contributed by atoms with Crippen LogP contribution < -0.4 is 0 Å². The van der Waals surface area contributed by atoms with E-state index in [0.29, 0.717) is 22.5 Å². The Kier molecular flexibility index (Phi) is 4.21. The van der Waals surface area contributed by atoms with E-state index in [1.807, 2.05) is 0 Å². The second kappa shape index (κ2) is 5.99. The molecule has 1 aliphatic heterocycles. The SMILES string of the molecule is O=C(O)C1C2CCCC2CN1C(=O)Cc1ccc(F)c(Br)c1. The van der Waals surface area contributed by atoms with Crippen LogP contribution in [0.1, 0.15) is 24.8 Å². The van der Waals surface area contributed by atoms with Crippen LogP contribution in [0.15, 0.2) is 22.7 Å². The summed E-state index contributed by atoms with van der Waals surface area (Å²) >= 11 is 3.10. The molecule has 3 atom stereocenters. The van der Waals surface area contributed by atoms with Gasteiger partial charge < -0.3 is 10.0 Å². The maximum absolute atomic E-state index is 13.2. The van der Waals surface area contributed by atoms with Gasteiger partial charge in [-0.3, -0.25) is 4.79 Å². The minimum Gasteiger partial charge on any atom is -0.480 e. The molecule has 118 valence electrons. The first kappa shape index (κ1) is 15.5. The number of benzene rings is 1. The van der Waals surface area contributed by atoms with Crippen molar-refractivity contribution in [3.05, 3.63) is 34.1 Å². The number of aliphatic carboxylic acids is 1. The number of carboxylic acid groups (broad SMARTS) is 1. The number of hydrogen-bond donors (Lipinski definition) is 1. The molecule has 6 heteroatoms. The Morgan fingerprint density at radius 3 is 2.82 bits per heavy atom. The van der Waals surface area contributed by atoms with Gasteiger partial charge in [0.15, 0.2) is 0 Å². The minimum absolute atomic E-state index is 0.0846. The number of carboxylic acids is 1. The first-order valence-corrected chi connectivity index (χ1v) is 8.23. The summed E-state index contributed by atoms with van der Waals surface area (Å²) in [6.07, 6.45) is 3.03. The summed E-state index contributed by atoms with van der Waals surface area (Å²) in [5.41, 5.74) is 0.680. The van der Waals surface area contributed by atoms with Crippen molar-refractivity contribution < 1.29 is 19.1 Å². The smallest absolute Gasteiger partial charge is 0.326 e. The molecule has 0 bridgehead atoms. The van der Waals surface area contributed by atoms with E-state index in [1.165, 1.54) is 11.0 Å². The summed E-state index contributed by atoms with van der Waals surface area (Å²) in [5.74, 6) is -1.09. The van der Waals surface area contributed by atoms with E-state index in [0.717, 1.165) is 19.3 Å². The Hall–Kier alpha value is -1.43. The highest BCUT2D eigenvalue weighted by molar-refractivity contribution is 9.10. The van der Waals surface area contributed by atoms with Crippen LogP contribution in [-0.4, -0.2) is 34.5 Å². The number of carbonyl (C=O) groups excluding carboxylic acids is 1. The van der Waals surface area contributed by atoms with Gasteiger partial charge in [0.2, 0.25) is 5.91 Å². The maximum atomic E-state index is 13.2.